The van der Waals surface area contributed by atoms with Crippen molar-refractivity contribution in [2.75, 3.05) is 5.75 Å². The molecule has 0 atom stereocenters. The Morgan fingerprint density at radius 1 is 0.933 bits per heavy atom. The van der Waals surface area contributed by atoms with Crippen LogP contribution in [0.5, 0.6) is 0 Å². The van der Waals surface area contributed by atoms with Gasteiger partial charge in [-0.05, 0) is 80.5 Å². The molecule has 0 amide bonds. The molecule has 0 N–H and O–H groups in total. The van der Waals surface area contributed by atoms with E-state index in [2.05, 4.69) is 46.4 Å². The normalized spacial score (nSPS) is 10.7. The number of hydrogen-bond donors (Lipinski definition) is 1. The molecule has 0 unspecified atom stereocenters. The highest BCUT2D eigenvalue weighted by Gasteiger charge is 2.07. The quantitative estimate of drug-likeness (QED) is 0.573. The van der Waals surface area contributed by atoms with Gasteiger partial charge in [0.1, 0.15) is 0 Å². The summed E-state index contributed by atoms with van der Waals surface area (Å²) in [5.74, 6) is 1.00. The topological polar surface area (TPSA) is 0 Å². The number of benzene rings is 1. The van der Waals surface area contributed by atoms with Gasteiger partial charge in [-0.15, -0.1) is 0 Å². The van der Waals surface area contributed by atoms with Crippen molar-refractivity contribution in [3.8, 4) is 0 Å². The number of hydrogen-bond acceptors (Lipinski definition) is 1. The highest BCUT2D eigenvalue weighted by molar-refractivity contribution is 7.80. The van der Waals surface area contributed by atoms with Crippen molar-refractivity contribution in [3.63, 3.8) is 0 Å². The predicted octanol–water partition coefficient (Wildman–Crippen LogP) is 4.17. The monoisotopic (exact) mass is 222 g/mol. The lowest BCUT2D eigenvalue weighted by Crippen LogP contribution is -1.99. The average Bonchev–Trinajstić information content (AvgIpc) is 2.20. The van der Waals surface area contributed by atoms with E-state index in [1.807, 2.05) is 0 Å². The minimum Gasteiger partial charge on any atom is -0.179 e. The summed E-state index contributed by atoms with van der Waals surface area (Å²) < 4.78 is 0. The Labute approximate surface area is 99.5 Å². The minimum atomic E-state index is 1.00. The molecule has 0 fully saturated rings. The Balaban J connectivity index is 2.94. The van der Waals surface area contributed by atoms with Gasteiger partial charge in [-0.1, -0.05) is 6.07 Å². The molecule has 84 valence electrons. The lowest BCUT2D eigenvalue weighted by molar-refractivity contribution is 0.793. The third-order valence-corrected chi connectivity index (χ3v) is 3.67. The zero-order chi connectivity index (χ0) is 11.4. The van der Waals surface area contributed by atoms with Crippen LogP contribution in [0, 0.1) is 27.7 Å². The van der Waals surface area contributed by atoms with Crippen molar-refractivity contribution >= 4 is 12.6 Å². The first-order chi connectivity index (χ1) is 7.07. The maximum atomic E-state index is 4.26. The van der Waals surface area contributed by atoms with Gasteiger partial charge in [0.2, 0.25) is 0 Å². The van der Waals surface area contributed by atoms with Crippen molar-refractivity contribution in [2.45, 2.75) is 47.0 Å². The molecule has 1 rings (SSSR count). The molecule has 1 aromatic rings. The summed E-state index contributed by atoms with van der Waals surface area (Å²) in [6.07, 6.45) is 3.68. The maximum Gasteiger partial charge on any atom is -0.00978 e. The first kappa shape index (κ1) is 12.6. The lowest BCUT2D eigenvalue weighted by Gasteiger charge is -2.15. The SMILES string of the molecule is Cc1cc(C)c(C)c(CCCCS)c1C. The van der Waals surface area contributed by atoms with E-state index >= 15 is 0 Å². The molecular weight excluding hydrogens is 200 g/mol. The van der Waals surface area contributed by atoms with Crippen molar-refractivity contribution in [1.82, 2.24) is 0 Å². The summed E-state index contributed by atoms with van der Waals surface area (Å²) in [5, 5.41) is 0. The van der Waals surface area contributed by atoms with E-state index in [1.54, 1.807) is 5.56 Å². The standard InChI is InChI=1S/C14H22S/c1-10-9-11(2)13(4)14(12(10)3)7-5-6-8-15/h9,15H,5-8H2,1-4H3. The number of unbranched alkanes of at least 4 members (excludes halogenated alkanes) is 1. The maximum absolute atomic E-state index is 4.26. The van der Waals surface area contributed by atoms with E-state index in [9.17, 15) is 0 Å². The van der Waals surface area contributed by atoms with Crippen LogP contribution in [0.1, 0.15) is 40.7 Å². The van der Waals surface area contributed by atoms with Crippen molar-refractivity contribution in [2.24, 2.45) is 0 Å². The van der Waals surface area contributed by atoms with Crippen LogP contribution in [0.2, 0.25) is 0 Å². The summed E-state index contributed by atoms with van der Waals surface area (Å²) in [7, 11) is 0. The molecule has 0 bridgehead atoms. The largest absolute Gasteiger partial charge is 0.179 e. The zero-order valence-corrected chi connectivity index (χ0v) is 11.2. The van der Waals surface area contributed by atoms with Gasteiger partial charge >= 0.3 is 0 Å². The van der Waals surface area contributed by atoms with E-state index in [-0.39, 0.29) is 0 Å². The highest BCUT2D eigenvalue weighted by atomic mass is 32.1. The summed E-state index contributed by atoms with van der Waals surface area (Å²) in [5.41, 5.74) is 7.39. The summed E-state index contributed by atoms with van der Waals surface area (Å²) in [4.78, 5) is 0. The molecule has 0 heterocycles. The second-order valence-corrected chi connectivity index (χ2v) is 4.87. The van der Waals surface area contributed by atoms with Gasteiger partial charge in [0.15, 0.2) is 0 Å². The van der Waals surface area contributed by atoms with Crippen LogP contribution in [-0.4, -0.2) is 5.75 Å². The fourth-order valence-electron chi connectivity index (χ4n) is 2.09. The predicted molar refractivity (Wildman–Crippen MR) is 72.2 cm³/mol. The summed E-state index contributed by atoms with van der Waals surface area (Å²) >= 11 is 4.26. The van der Waals surface area contributed by atoms with Crippen LogP contribution in [0.3, 0.4) is 0 Å². The van der Waals surface area contributed by atoms with Crippen LogP contribution in [-0.2, 0) is 6.42 Å². The van der Waals surface area contributed by atoms with Crippen molar-refractivity contribution in [1.29, 1.82) is 0 Å². The van der Waals surface area contributed by atoms with Gasteiger partial charge in [0, 0.05) is 0 Å². The van der Waals surface area contributed by atoms with Crippen LogP contribution < -0.4 is 0 Å². The van der Waals surface area contributed by atoms with E-state index < -0.39 is 0 Å². The van der Waals surface area contributed by atoms with Crippen molar-refractivity contribution in [3.05, 3.63) is 33.9 Å². The van der Waals surface area contributed by atoms with Gasteiger partial charge in [-0.2, -0.15) is 12.6 Å². The zero-order valence-electron chi connectivity index (χ0n) is 10.4. The highest BCUT2D eigenvalue weighted by Crippen LogP contribution is 2.23. The average molecular weight is 222 g/mol. The second-order valence-electron chi connectivity index (χ2n) is 4.42. The Hall–Kier alpha value is -0.430. The van der Waals surface area contributed by atoms with E-state index in [0.29, 0.717) is 0 Å². The van der Waals surface area contributed by atoms with Gasteiger partial charge in [-0.3, -0.25) is 0 Å². The molecule has 0 spiro atoms. The molecule has 0 aliphatic heterocycles. The molecular formula is C14H22S. The van der Waals surface area contributed by atoms with Crippen LogP contribution in [0.25, 0.3) is 0 Å². The minimum absolute atomic E-state index is 1.00. The molecule has 0 aliphatic rings. The molecule has 0 radical (unpaired) electrons. The lowest BCUT2D eigenvalue weighted by atomic mass is 9.91. The number of aryl methyl sites for hydroxylation is 2. The fraction of sp³-hybridized carbons (Fsp3) is 0.571. The first-order valence-corrected chi connectivity index (χ1v) is 6.38. The Bertz CT molecular complexity index is 313. The van der Waals surface area contributed by atoms with Crippen LogP contribution in [0.15, 0.2) is 6.07 Å². The Morgan fingerprint density at radius 2 is 1.47 bits per heavy atom. The molecule has 0 saturated carbocycles. The van der Waals surface area contributed by atoms with Gasteiger partial charge in [-0.25, -0.2) is 0 Å². The molecule has 1 aromatic carbocycles. The third-order valence-electron chi connectivity index (χ3n) is 3.36. The molecule has 0 aliphatic carbocycles. The van der Waals surface area contributed by atoms with E-state index in [1.165, 1.54) is 41.5 Å². The smallest absolute Gasteiger partial charge is 0.00978 e. The number of rotatable bonds is 4. The Morgan fingerprint density at radius 3 is 1.93 bits per heavy atom. The third kappa shape index (κ3) is 3.01. The first-order valence-electron chi connectivity index (χ1n) is 5.75. The van der Waals surface area contributed by atoms with E-state index in [0.717, 1.165) is 5.75 Å². The van der Waals surface area contributed by atoms with Gasteiger partial charge in [0.25, 0.3) is 0 Å². The molecule has 1 heteroatoms. The van der Waals surface area contributed by atoms with Crippen molar-refractivity contribution < 1.29 is 0 Å². The van der Waals surface area contributed by atoms with Gasteiger partial charge < -0.3 is 0 Å². The van der Waals surface area contributed by atoms with E-state index in [4.69, 9.17) is 0 Å². The molecule has 0 aromatic heterocycles. The van der Waals surface area contributed by atoms with Crippen LogP contribution in [0.4, 0.5) is 0 Å². The molecule has 0 saturated heterocycles. The van der Waals surface area contributed by atoms with Crippen LogP contribution >= 0.6 is 12.6 Å². The number of thiol groups is 1. The summed E-state index contributed by atoms with van der Waals surface area (Å²) in [6.45, 7) is 8.92. The molecule has 15 heavy (non-hydrogen) atoms. The second kappa shape index (κ2) is 5.60. The van der Waals surface area contributed by atoms with Gasteiger partial charge in [0.05, 0.1) is 0 Å². The molecule has 0 nitrogen and oxygen atoms in total. The fourth-order valence-corrected chi connectivity index (χ4v) is 2.31. The summed E-state index contributed by atoms with van der Waals surface area (Å²) in [6, 6.07) is 2.30. The Kier molecular flexibility index (Phi) is 4.72.